The Morgan fingerprint density at radius 3 is 1.45 bits per heavy atom. The normalized spacial score (nSPS) is 21.4. The molecule has 2 saturated heterocycles. The molecule has 0 saturated carbocycles. The molecule has 29 heteroatoms. The number of carboxylic acids is 1. The van der Waals surface area contributed by atoms with Gasteiger partial charge in [-0.2, -0.15) is 23.5 Å². The van der Waals surface area contributed by atoms with Crippen LogP contribution in [0.1, 0.15) is 101 Å². The first-order valence-electron chi connectivity index (χ1n) is 32.1. The van der Waals surface area contributed by atoms with Crippen LogP contribution in [0.4, 0.5) is 5.69 Å². The van der Waals surface area contributed by atoms with Crippen molar-refractivity contribution in [3.63, 3.8) is 0 Å². The fourth-order valence-corrected chi connectivity index (χ4v) is 13.4. The Morgan fingerprint density at radius 2 is 1.01 bits per heavy atom. The number of carboxylic acid groups (broad SMARTS) is 1. The summed E-state index contributed by atoms with van der Waals surface area (Å²) in [5, 5.41) is 93.0. The van der Waals surface area contributed by atoms with Gasteiger partial charge in [-0.05, 0) is 126 Å². The summed E-state index contributed by atoms with van der Waals surface area (Å²) in [6, 6.07) is 29.9. The van der Waals surface area contributed by atoms with Crippen LogP contribution >= 0.6 is 23.5 Å². The van der Waals surface area contributed by atoms with Gasteiger partial charge in [0.1, 0.15) is 36.2 Å². The predicted molar refractivity (Wildman–Crippen MR) is 365 cm³/mol. The first-order chi connectivity index (χ1) is 46.3. The van der Waals surface area contributed by atoms with E-state index in [0.717, 1.165) is 57.0 Å². The Labute approximate surface area is 634 Å². The van der Waals surface area contributed by atoms with Crippen LogP contribution < -0.4 is 90.8 Å². The summed E-state index contributed by atoms with van der Waals surface area (Å²) in [6.07, 6.45) is -12.0. The van der Waals surface area contributed by atoms with Crippen molar-refractivity contribution in [3.05, 3.63) is 148 Å². The van der Waals surface area contributed by atoms with Crippen LogP contribution in [0.15, 0.2) is 109 Å². The van der Waals surface area contributed by atoms with Crippen molar-refractivity contribution in [2.24, 2.45) is 0 Å². The van der Waals surface area contributed by atoms with E-state index in [1.54, 1.807) is 54.8 Å². The number of hydrogen-bond donors (Lipinski definition) is 11. The minimum atomic E-state index is -2.61. The second kappa shape index (κ2) is 41.7. The number of benzene rings is 5. The zero-order valence-electron chi connectivity index (χ0n) is 57.5. The van der Waals surface area contributed by atoms with Gasteiger partial charge in [0.25, 0.3) is 11.8 Å². The van der Waals surface area contributed by atoms with Gasteiger partial charge in [0.2, 0.25) is 23.5 Å². The molecule has 5 aromatic rings. The number of hydrogen-bond acceptors (Lipinski definition) is 22. The molecule has 0 spiro atoms. The molecule has 2 fully saturated rings. The van der Waals surface area contributed by atoms with Crippen molar-refractivity contribution in [1.29, 1.82) is 0 Å². The molecule has 2 aliphatic rings. The molecule has 0 radical (unpaired) electrons. The number of thioether (sulfide) groups is 2. The molecule has 0 aliphatic carbocycles. The third kappa shape index (κ3) is 24.0. The number of aliphatic carboxylic acids is 1. The van der Waals surface area contributed by atoms with E-state index in [1.807, 2.05) is 88.4 Å². The molecule has 2 aliphatic heterocycles. The molecule has 100 heavy (non-hydrogen) atoms. The average Bonchev–Trinajstić information content (AvgIpc) is 0.778. The molecular weight excluding hydrogens is 1350 g/mol. The van der Waals surface area contributed by atoms with Crippen LogP contribution in [0.3, 0.4) is 0 Å². The Morgan fingerprint density at radius 1 is 0.590 bits per heavy atom. The van der Waals surface area contributed by atoms with Gasteiger partial charge in [-0.1, -0.05) is 84.9 Å². The van der Waals surface area contributed by atoms with E-state index in [9.17, 15) is 74.1 Å². The van der Waals surface area contributed by atoms with Gasteiger partial charge in [-0.15, -0.1) is 0 Å². The molecular formula is C71H88N5Na2O20S2-. The predicted octanol–water partition coefficient (Wildman–Crippen LogP) is -2.94. The Kier molecular flexibility index (Phi) is 36.3. The van der Waals surface area contributed by atoms with Crippen molar-refractivity contribution in [3.8, 4) is 22.3 Å². The molecule has 0 bridgehead atoms. The van der Waals surface area contributed by atoms with Crippen LogP contribution in [0.5, 0.6) is 0 Å². The molecule has 7 rings (SSSR count). The van der Waals surface area contributed by atoms with Gasteiger partial charge < -0.3 is 96.3 Å². The minimum absolute atomic E-state index is 0. The first kappa shape index (κ1) is 86.9. The van der Waals surface area contributed by atoms with Gasteiger partial charge in [-0.3, -0.25) is 28.8 Å². The van der Waals surface area contributed by atoms with E-state index >= 15 is 0 Å². The summed E-state index contributed by atoms with van der Waals surface area (Å²) in [6.45, 7) is 8.63. The number of Topliss-reactive ketones (excluding diaryl/α,β-unsaturated/α-hetero) is 1. The number of amides is 5. The topological polar surface area (TPSA) is 408 Å². The summed E-state index contributed by atoms with van der Waals surface area (Å²) in [5.41, 5.74) is 9.06. The quantitative estimate of drug-likeness (QED) is 0.0110. The zero-order valence-corrected chi connectivity index (χ0v) is 63.2. The van der Waals surface area contributed by atoms with Gasteiger partial charge in [-0.25, -0.2) is 6.29 Å². The summed E-state index contributed by atoms with van der Waals surface area (Å²) in [5.74, 6) is -7.47. The summed E-state index contributed by atoms with van der Waals surface area (Å²) < 4.78 is 23.3. The SMILES string of the molecule is CC(=O)N[C@H]1[C@H]([C@H](O)[C@H](O)CNC(=O)c2ccc(-c3ccccc3)cc2)O[C@]([C-]=O)(OCCCSCCC(=O)Cc2c(C)c(C)c(NC(=O)CCSCCCO[C@]3(C(=O)[O-])C[C@H](O)[C@@H](NC(C)=O)[C@H]([C@H](O)[C@H](O)CNC(=O)c4ccc(-c5ccccc5)cc4)O3)c(C)c2C)C[C@@H]1O.[Na+].[Na+].[OH-]. The molecule has 532 valence electrons. The van der Waals surface area contributed by atoms with Crippen LogP contribution in [-0.4, -0.2) is 205 Å². The van der Waals surface area contributed by atoms with Crippen LogP contribution in [0.25, 0.3) is 22.3 Å². The van der Waals surface area contributed by atoms with E-state index in [2.05, 4.69) is 26.6 Å². The third-order valence-electron chi connectivity index (χ3n) is 17.2. The minimum Gasteiger partial charge on any atom is -0.870 e. The smallest absolute Gasteiger partial charge is 0.870 e. The monoisotopic (exact) mass is 1440 g/mol. The molecule has 12 atom stereocenters. The summed E-state index contributed by atoms with van der Waals surface area (Å²) in [7, 11) is 0. The number of aliphatic hydroxyl groups excluding tert-OH is 6. The zero-order chi connectivity index (χ0) is 70.6. The maximum atomic E-state index is 13.4. The van der Waals surface area contributed by atoms with E-state index < -0.39 is 128 Å². The second-order valence-electron chi connectivity index (χ2n) is 24.2. The van der Waals surface area contributed by atoms with Crippen molar-refractivity contribution in [1.82, 2.24) is 21.3 Å². The van der Waals surface area contributed by atoms with Gasteiger partial charge in [0.05, 0.1) is 48.9 Å². The molecule has 0 aromatic heterocycles. The van der Waals surface area contributed by atoms with Gasteiger partial charge in [0, 0.05) is 94.0 Å². The summed E-state index contributed by atoms with van der Waals surface area (Å²) in [4.78, 5) is 102. The molecule has 12 N–H and O–H groups in total. The number of nitrogens with one attached hydrogen (secondary N) is 5. The fraction of sp³-hybridized carbons (Fsp3) is 0.465. The summed E-state index contributed by atoms with van der Waals surface area (Å²) >= 11 is 2.88. The largest absolute Gasteiger partial charge is 1.00 e. The molecule has 0 unspecified atom stereocenters. The number of anilines is 1. The molecule has 5 amide bonds. The molecule has 25 nitrogen and oxygen atoms in total. The van der Waals surface area contributed by atoms with Crippen LogP contribution in [0.2, 0.25) is 0 Å². The first-order valence-corrected chi connectivity index (χ1v) is 34.4. The number of aliphatic hydroxyl groups is 6. The van der Waals surface area contributed by atoms with Crippen molar-refractivity contribution < 1.29 is 158 Å². The number of ketones is 1. The van der Waals surface area contributed by atoms with E-state index in [1.165, 1.54) is 30.4 Å². The van der Waals surface area contributed by atoms with Crippen molar-refractivity contribution >= 4 is 76.8 Å². The fourth-order valence-electron chi connectivity index (χ4n) is 11.6. The van der Waals surface area contributed by atoms with E-state index in [0.29, 0.717) is 40.7 Å². The third-order valence-corrected chi connectivity index (χ3v) is 19.4. The number of ether oxygens (including phenoxy) is 4. The Hall–Kier alpha value is -5.48. The van der Waals surface area contributed by atoms with Crippen LogP contribution in [-0.2, 0) is 54.1 Å². The van der Waals surface area contributed by atoms with E-state index in [-0.39, 0.29) is 121 Å². The second-order valence-corrected chi connectivity index (χ2v) is 26.7. The number of rotatable bonds is 35. The average molecular weight is 1440 g/mol. The molecule has 5 aromatic carbocycles. The van der Waals surface area contributed by atoms with Gasteiger partial charge in [0.15, 0.2) is 0 Å². The van der Waals surface area contributed by atoms with Gasteiger partial charge >= 0.3 is 59.1 Å². The standard InChI is InChI=1S/C71H88N5O19S2.2Na.H2O/c1-41-43(3)60(76-59(85)28-34-97-32-14-30-93-71(69(90)91)37-56(82)62(75-46(6)79)66(95-71)64(87)58(84)39-73-68(89)52-25-21-50(22-26-52)48-17-11-8-12-18-48)44(4)42(2)54(41)35-53(80)27-33-96-31-13-29-92-70(40-77)36-55(81)61(74-45(5)78)65(94-70)63(86)57(83)38-72-67(88)51-23-19-49(20-24-51)47-15-9-7-10-16-47;;;/h7-12,15-26,55-58,61-66,81-84,86-87H,13-14,27-39H2,1-6H3,(H,72,88)(H,73,89)(H,74,78)(H,75,79)(H,76,85)(H,90,91);;;1H2/q-1;2*+1;/p-2/t55-,56-,57+,58+,61+,62+,63+,64+,65+,66+,70+,71+;;;/m0.../s1. The van der Waals surface area contributed by atoms with Crippen LogP contribution in [0, 0.1) is 27.7 Å². The number of carbonyl (C=O) groups is 7. The Bertz CT molecular complexity index is 3490. The maximum Gasteiger partial charge on any atom is 1.00 e. The number of carbonyl (C=O) groups excluding carboxylic acids is 8. The Balaban J connectivity index is 0.00000707. The van der Waals surface area contributed by atoms with E-state index in [4.69, 9.17) is 18.9 Å². The maximum absolute atomic E-state index is 13.4. The van der Waals surface area contributed by atoms with Crippen molar-refractivity contribution in [2.75, 3.05) is 54.6 Å². The molecule has 2 heterocycles. The van der Waals surface area contributed by atoms with Crippen molar-refractivity contribution in [2.45, 2.75) is 159 Å².